The molecule has 0 spiro atoms. The van der Waals surface area contributed by atoms with Crippen LogP contribution in [0.25, 0.3) is 0 Å². The highest BCUT2D eigenvalue weighted by molar-refractivity contribution is 5.30. The van der Waals surface area contributed by atoms with Crippen molar-refractivity contribution in [2.45, 2.75) is 39.2 Å². The second kappa shape index (κ2) is 4.68. The van der Waals surface area contributed by atoms with Crippen LogP contribution in [0, 0.1) is 5.92 Å². The van der Waals surface area contributed by atoms with E-state index in [1.165, 1.54) is 0 Å². The maximum absolute atomic E-state index is 12.0. The fourth-order valence-electron chi connectivity index (χ4n) is 1.67. The van der Waals surface area contributed by atoms with Gasteiger partial charge in [0, 0.05) is 25.0 Å². The third-order valence-electron chi connectivity index (χ3n) is 2.82. The molecule has 88 valence electrons. The molecule has 0 bridgehead atoms. The van der Waals surface area contributed by atoms with E-state index in [1.807, 2.05) is 0 Å². The average molecular weight is 221 g/mol. The van der Waals surface area contributed by atoms with E-state index in [-0.39, 0.29) is 5.56 Å². The van der Waals surface area contributed by atoms with Crippen molar-refractivity contribution >= 4 is 5.82 Å². The molecule has 0 amide bonds. The first kappa shape index (κ1) is 11.2. The summed E-state index contributed by atoms with van der Waals surface area (Å²) in [4.78, 5) is 16.1. The summed E-state index contributed by atoms with van der Waals surface area (Å²) in [5.41, 5.74) is 0.0220. The van der Waals surface area contributed by atoms with Crippen LogP contribution in [0.4, 0.5) is 5.82 Å². The average Bonchev–Trinajstić information content (AvgIpc) is 3.04. The number of rotatable bonds is 5. The van der Waals surface area contributed by atoms with Gasteiger partial charge in [0.1, 0.15) is 0 Å². The standard InChI is InChI=1S/C12H19N3O/c1-9(2)5-6-13-11-12(16)15(8-7-14-11)10-3-4-10/h7-10H,3-6H2,1-2H3,(H,13,14). The molecule has 0 aliphatic heterocycles. The topological polar surface area (TPSA) is 46.9 Å². The van der Waals surface area contributed by atoms with Crippen LogP contribution in [-0.2, 0) is 0 Å². The van der Waals surface area contributed by atoms with Crippen LogP contribution < -0.4 is 10.9 Å². The second-order valence-corrected chi connectivity index (χ2v) is 4.83. The Kier molecular flexibility index (Phi) is 3.27. The number of anilines is 1. The molecule has 0 unspecified atom stereocenters. The molecule has 0 atom stereocenters. The van der Waals surface area contributed by atoms with Crippen LogP contribution in [0.1, 0.15) is 39.2 Å². The molecule has 1 aromatic rings. The number of aromatic nitrogens is 2. The highest BCUT2D eigenvalue weighted by Crippen LogP contribution is 2.33. The van der Waals surface area contributed by atoms with Gasteiger partial charge >= 0.3 is 0 Å². The maximum atomic E-state index is 12.0. The molecule has 1 heterocycles. The molecular weight excluding hydrogens is 202 g/mol. The first-order valence-corrected chi connectivity index (χ1v) is 5.99. The monoisotopic (exact) mass is 221 g/mol. The Morgan fingerprint density at radius 1 is 1.56 bits per heavy atom. The molecule has 1 saturated carbocycles. The van der Waals surface area contributed by atoms with Gasteiger partial charge in [0.15, 0.2) is 5.82 Å². The lowest BCUT2D eigenvalue weighted by atomic mass is 10.1. The van der Waals surface area contributed by atoms with E-state index in [0.29, 0.717) is 17.8 Å². The molecule has 1 fully saturated rings. The van der Waals surface area contributed by atoms with Crippen molar-refractivity contribution in [3.63, 3.8) is 0 Å². The normalized spacial score (nSPS) is 15.4. The van der Waals surface area contributed by atoms with Crippen LogP contribution in [-0.4, -0.2) is 16.1 Å². The van der Waals surface area contributed by atoms with Crippen molar-refractivity contribution in [1.82, 2.24) is 9.55 Å². The molecule has 4 heteroatoms. The molecule has 0 aromatic carbocycles. The lowest BCUT2D eigenvalue weighted by Crippen LogP contribution is -2.24. The summed E-state index contributed by atoms with van der Waals surface area (Å²) < 4.78 is 1.80. The van der Waals surface area contributed by atoms with Crippen molar-refractivity contribution < 1.29 is 0 Å². The van der Waals surface area contributed by atoms with Gasteiger partial charge in [0.2, 0.25) is 0 Å². The first-order valence-electron chi connectivity index (χ1n) is 5.99. The zero-order valence-corrected chi connectivity index (χ0v) is 9.94. The zero-order valence-electron chi connectivity index (χ0n) is 9.94. The molecule has 1 aliphatic carbocycles. The van der Waals surface area contributed by atoms with Crippen molar-refractivity contribution in [2.24, 2.45) is 5.92 Å². The number of hydrogen-bond acceptors (Lipinski definition) is 3. The largest absolute Gasteiger partial charge is 0.365 e. The molecule has 0 radical (unpaired) electrons. The van der Waals surface area contributed by atoms with Crippen LogP contribution in [0.15, 0.2) is 17.2 Å². The van der Waals surface area contributed by atoms with Gasteiger partial charge in [0.25, 0.3) is 5.56 Å². The van der Waals surface area contributed by atoms with Crippen LogP contribution in [0.5, 0.6) is 0 Å². The summed E-state index contributed by atoms with van der Waals surface area (Å²) in [5, 5.41) is 3.12. The summed E-state index contributed by atoms with van der Waals surface area (Å²) in [6.07, 6.45) is 6.79. The summed E-state index contributed by atoms with van der Waals surface area (Å²) >= 11 is 0. The van der Waals surface area contributed by atoms with E-state index in [0.717, 1.165) is 25.8 Å². The Labute approximate surface area is 95.7 Å². The first-order chi connectivity index (χ1) is 7.68. The fourth-order valence-corrected chi connectivity index (χ4v) is 1.67. The minimum Gasteiger partial charge on any atom is -0.365 e. The molecule has 16 heavy (non-hydrogen) atoms. The third kappa shape index (κ3) is 2.62. The Hall–Kier alpha value is -1.32. The molecule has 1 aliphatic rings. The maximum Gasteiger partial charge on any atom is 0.293 e. The minimum absolute atomic E-state index is 0.0220. The lowest BCUT2D eigenvalue weighted by molar-refractivity contribution is 0.605. The van der Waals surface area contributed by atoms with Gasteiger partial charge in [-0.05, 0) is 25.2 Å². The number of nitrogens with zero attached hydrogens (tertiary/aromatic N) is 2. The van der Waals surface area contributed by atoms with Crippen LogP contribution in [0.3, 0.4) is 0 Å². The predicted molar refractivity (Wildman–Crippen MR) is 64.7 cm³/mol. The van der Waals surface area contributed by atoms with Crippen LogP contribution >= 0.6 is 0 Å². The van der Waals surface area contributed by atoms with Crippen molar-refractivity contribution in [1.29, 1.82) is 0 Å². The van der Waals surface area contributed by atoms with Crippen molar-refractivity contribution in [3.8, 4) is 0 Å². The Bertz CT molecular complexity index is 407. The van der Waals surface area contributed by atoms with Crippen LogP contribution in [0.2, 0.25) is 0 Å². The van der Waals surface area contributed by atoms with E-state index in [9.17, 15) is 4.79 Å². The molecule has 2 rings (SSSR count). The van der Waals surface area contributed by atoms with E-state index < -0.39 is 0 Å². The second-order valence-electron chi connectivity index (χ2n) is 4.83. The molecular formula is C12H19N3O. The van der Waals surface area contributed by atoms with Gasteiger partial charge in [-0.1, -0.05) is 13.8 Å². The van der Waals surface area contributed by atoms with Gasteiger partial charge in [-0.2, -0.15) is 0 Å². The predicted octanol–water partition coefficient (Wildman–Crippen LogP) is 2.04. The van der Waals surface area contributed by atoms with Gasteiger partial charge in [0.05, 0.1) is 0 Å². The zero-order chi connectivity index (χ0) is 11.5. The SMILES string of the molecule is CC(C)CCNc1nccn(C2CC2)c1=O. The molecule has 1 aromatic heterocycles. The third-order valence-corrected chi connectivity index (χ3v) is 2.82. The van der Waals surface area contributed by atoms with Crippen molar-refractivity contribution in [3.05, 3.63) is 22.7 Å². The van der Waals surface area contributed by atoms with E-state index in [2.05, 4.69) is 24.1 Å². The van der Waals surface area contributed by atoms with E-state index in [1.54, 1.807) is 17.0 Å². The van der Waals surface area contributed by atoms with Gasteiger partial charge in [-0.3, -0.25) is 4.79 Å². The van der Waals surface area contributed by atoms with Crippen molar-refractivity contribution in [2.75, 3.05) is 11.9 Å². The smallest absolute Gasteiger partial charge is 0.293 e. The molecule has 1 N–H and O–H groups in total. The summed E-state index contributed by atoms with van der Waals surface area (Å²) in [6, 6.07) is 0.418. The number of nitrogens with one attached hydrogen (secondary N) is 1. The van der Waals surface area contributed by atoms with E-state index >= 15 is 0 Å². The van der Waals surface area contributed by atoms with E-state index in [4.69, 9.17) is 0 Å². The summed E-state index contributed by atoms with van der Waals surface area (Å²) in [5.74, 6) is 1.14. The Morgan fingerprint density at radius 2 is 2.31 bits per heavy atom. The Morgan fingerprint density at radius 3 is 2.94 bits per heavy atom. The molecule has 0 saturated heterocycles. The van der Waals surface area contributed by atoms with Gasteiger partial charge in [-0.15, -0.1) is 0 Å². The quantitative estimate of drug-likeness (QED) is 0.827. The Balaban J connectivity index is 2.03. The highest BCUT2D eigenvalue weighted by Gasteiger charge is 2.25. The summed E-state index contributed by atoms with van der Waals surface area (Å²) in [7, 11) is 0. The lowest BCUT2D eigenvalue weighted by Gasteiger charge is -2.09. The molecule has 4 nitrogen and oxygen atoms in total. The minimum atomic E-state index is 0.0220. The van der Waals surface area contributed by atoms with Gasteiger partial charge < -0.3 is 9.88 Å². The van der Waals surface area contributed by atoms with Gasteiger partial charge in [-0.25, -0.2) is 4.98 Å². The highest BCUT2D eigenvalue weighted by atomic mass is 16.1. The summed E-state index contributed by atoms with van der Waals surface area (Å²) in [6.45, 7) is 5.15. The fraction of sp³-hybridized carbons (Fsp3) is 0.667. The number of hydrogen-bond donors (Lipinski definition) is 1.